The molecule has 1 saturated carbocycles. The quantitative estimate of drug-likeness (QED) is 0.789. The van der Waals surface area contributed by atoms with Crippen molar-refractivity contribution < 1.29 is 14.3 Å². The lowest BCUT2D eigenvalue weighted by Gasteiger charge is -2.33. The van der Waals surface area contributed by atoms with Crippen molar-refractivity contribution in [3.8, 4) is 0 Å². The Hall–Kier alpha value is -1.89. The molecule has 1 atom stereocenters. The minimum atomic E-state index is -1.20. The van der Waals surface area contributed by atoms with E-state index in [2.05, 4.69) is 31.4 Å². The molecule has 3 rings (SSSR count). The fourth-order valence-corrected chi connectivity index (χ4v) is 3.13. The first-order valence-electron chi connectivity index (χ1n) is 6.51. The molecule has 1 unspecified atom stereocenters. The number of H-pyrrole nitrogens is 1. The zero-order valence-electron chi connectivity index (χ0n) is 10.9. The molecule has 0 bridgehead atoms. The first-order valence-corrected chi connectivity index (χ1v) is 7.30. The number of carboxylic acid groups (broad SMARTS) is 1. The van der Waals surface area contributed by atoms with Crippen molar-refractivity contribution >= 4 is 22.0 Å². The van der Waals surface area contributed by atoms with E-state index in [1.807, 2.05) is 0 Å². The Bertz CT molecular complexity index is 673. The maximum atomic E-state index is 14.4. The van der Waals surface area contributed by atoms with Crippen LogP contribution in [0.5, 0.6) is 0 Å². The number of carbonyl (C=O) groups is 1. The van der Waals surface area contributed by atoms with Crippen LogP contribution in [0.2, 0.25) is 0 Å². The van der Waals surface area contributed by atoms with Gasteiger partial charge in [-0.15, -0.1) is 0 Å². The molecule has 1 aliphatic rings. The summed E-state index contributed by atoms with van der Waals surface area (Å²) >= 11 is 3.32. The highest BCUT2D eigenvalue weighted by Crippen LogP contribution is 2.50. The van der Waals surface area contributed by atoms with Gasteiger partial charge in [0.15, 0.2) is 0 Å². The molecule has 2 aromatic rings. The Kier molecular flexibility index (Phi) is 3.44. The first-order chi connectivity index (χ1) is 10.0. The lowest BCUT2D eigenvalue weighted by molar-refractivity contribution is 0.177. The molecular weight excluding hydrogens is 341 g/mol. The highest BCUT2D eigenvalue weighted by Gasteiger charge is 2.51. The molecule has 21 heavy (non-hydrogen) atoms. The summed E-state index contributed by atoms with van der Waals surface area (Å²) in [6, 6.07) is 6.20. The summed E-state index contributed by atoms with van der Waals surface area (Å²) < 4.78 is 15.1. The number of halogens is 2. The van der Waals surface area contributed by atoms with Crippen molar-refractivity contribution in [2.45, 2.75) is 18.4 Å². The van der Waals surface area contributed by atoms with Gasteiger partial charge in [-0.1, -0.05) is 15.9 Å². The lowest BCUT2D eigenvalue weighted by atomic mass is 9.81. The second kappa shape index (κ2) is 5.14. The highest BCUT2D eigenvalue weighted by molar-refractivity contribution is 9.10. The van der Waals surface area contributed by atoms with Gasteiger partial charge in [-0.2, -0.15) is 5.10 Å². The maximum Gasteiger partial charge on any atom is 0.405 e. The third kappa shape index (κ3) is 2.42. The molecule has 110 valence electrons. The number of hydrogen-bond acceptors (Lipinski definition) is 2. The standard InChI is InChI=1S/C14H13BrFN3O2/c15-9-3-4-11(16)10(7-9)14(8-1-2-8,18-13(20)21)12-5-6-17-19-12/h3-8,18H,1-2H2,(H,17,19)(H,20,21). The van der Waals surface area contributed by atoms with Gasteiger partial charge in [-0.3, -0.25) is 5.10 Å². The van der Waals surface area contributed by atoms with Gasteiger partial charge in [0.2, 0.25) is 0 Å². The number of aromatic nitrogens is 2. The van der Waals surface area contributed by atoms with E-state index in [4.69, 9.17) is 0 Å². The van der Waals surface area contributed by atoms with Crippen molar-refractivity contribution in [3.63, 3.8) is 0 Å². The van der Waals surface area contributed by atoms with Crippen LogP contribution >= 0.6 is 15.9 Å². The van der Waals surface area contributed by atoms with Crippen LogP contribution in [0, 0.1) is 11.7 Å². The van der Waals surface area contributed by atoms with Crippen molar-refractivity contribution in [2.24, 2.45) is 5.92 Å². The monoisotopic (exact) mass is 353 g/mol. The van der Waals surface area contributed by atoms with Crippen LogP contribution in [0.15, 0.2) is 34.9 Å². The summed E-state index contributed by atoms with van der Waals surface area (Å²) in [7, 11) is 0. The number of nitrogens with one attached hydrogen (secondary N) is 2. The molecule has 1 fully saturated rings. The third-order valence-electron chi connectivity index (χ3n) is 3.75. The molecule has 0 spiro atoms. The lowest BCUT2D eigenvalue weighted by Crippen LogP contribution is -2.49. The maximum absolute atomic E-state index is 14.4. The van der Waals surface area contributed by atoms with Crippen LogP contribution in [-0.4, -0.2) is 21.4 Å². The van der Waals surface area contributed by atoms with E-state index >= 15 is 0 Å². The Morgan fingerprint density at radius 1 is 1.48 bits per heavy atom. The van der Waals surface area contributed by atoms with E-state index in [1.165, 1.54) is 6.07 Å². The van der Waals surface area contributed by atoms with Crippen molar-refractivity contribution in [2.75, 3.05) is 0 Å². The van der Waals surface area contributed by atoms with E-state index in [1.54, 1.807) is 24.4 Å². The summed E-state index contributed by atoms with van der Waals surface area (Å²) in [5.41, 5.74) is -0.405. The van der Waals surface area contributed by atoms with E-state index in [-0.39, 0.29) is 11.5 Å². The van der Waals surface area contributed by atoms with Gasteiger partial charge in [0, 0.05) is 16.2 Å². The van der Waals surface area contributed by atoms with Crippen LogP contribution in [0.1, 0.15) is 24.1 Å². The number of nitrogens with zero attached hydrogens (tertiary/aromatic N) is 1. The molecule has 0 radical (unpaired) electrons. The third-order valence-corrected chi connectivity index (χ3v) is 4.25. The average Bonchev–Trinajstić information content (AvgIpc) is 3.14. The Morgan fingerprint density at radius 2 is 2.24 bits per heavy atom. The predicted octanol–water partition coefficient (Wildman–Crippen LogP) is 3.23. The smallest absolute Gasteiger partial charge is 0.405 e. The summed E-state index contributed by atoms with van der Waals surface area (Å²) in [6.45, 7) is 0. The van der Waals surface area contributed by atoms with Crippen molar-refractivity contribution in [3.05, 3.63) is 52.0 Å². The Labute approximate surface area is 128 Å². The fourth-order valence-electron chi connectivity index (χ4n) is 2.77. The zero-order valence-corrected chi connectivity index (χ0v) is 12.5. The minimum Gasteiger partial charge on any atom is -0.465 e. The zero-order chi connectivity index (χ0) is 15.0. The van der Waals surface area contributed by atoms with Gasteiger partial charge < -0.3 is 10.4 Å². The number of hydrogen-bond donors (Lipinski definition) is 3. The Morgan fingerprint density at radius 3 is 2.81 bits per heavy atom. The predicted molar refractivity (Wildman–Crippen MR) is 77.4 cm³/mol. The molecule has 7 heteroatoms. The minimum absolute atomic E-state index is 0.0132. The van der Waals surface area contributed by atoms with E-state index in [0.717, 1.165) is 12.8 Å². The molecule has 0 aliphatic heterocycles. The second-order valence-corrected chi connectivity index (χ2v) is 6.01. The van der Waals surface area contributed by atoms with Crippen LogP contribution < -0.4 is 5.32 Å². The molecule has 1 aromatic carbocycles. The Balaban J connectivity index is 2.24. The van der Waals surface area contributed by atoms with Crippen LogP contribution in [0.25, 0.3) is 0 Å². The van der Waals surface area contributed by atoms with E-state index in [0.29, 0.717) is 10.2 Å². The molecule has 3 N–H and O–H groups in total. The van der Waals surface area contributed by atoms with Gasteiger partial charge in [0.05, 0.1) is 5.69 Å². The second-order valence-electron chi connectivity index (χ2n) is 5.10. The van der Waals surface area contributed by atoms with E-state index in [9.17, 15) is 14.3 Å². The van der Waals surface area contributed by atoms with Gasteiger partial charge in [0.25, 0.3) is 0 Å². The van der Waals surface area contributed by atoms with Gasteiger partial charge in [-0.05, 0) is 43.0 Å². The van der Waals surface area contributed by atoms with Gasteiger partial charge in [-0.25, -0.2) is 9.18 Å². The van der Waals surface area contributed by atoms with Crippen molar-refractivity contribution in [1.29, 1.82) is 0 Å². The molecule has 1 aliphatic carbocycles. The average molecular weight is 354 g/mol. The number of benzene rings is 1. The molecule has 1 amide bonds. The normalized spacial score (nSPS) is 17.2. The molecular formula is C14H13BrFN3O2. The molecule has 1 heterocycles. The first kappa shape index (κ1) is 14.1. The van der Waals surface area contributed by atoms with Crippen LogP contribution in [0.3, 0.4) is 0 Å². The van der Waals surface area contributed by atoms with Gasteiger partial charge >= 0.3 is 6.09 Å². The molecule has 5 nitrogen and oxygen atoms in total. The SMILES string of the molecule is O=C(O)NC(c1cc[nH]n1)(c1cc(Br)ccc1F)C1CC1. The largest absolute Gasteiger partial charge is 0.465 e. The number of amides is 1. The topological polar surface area (TPSA) is 78.0 Å². The fraction of sp³-hybridized carbons (Fsp3) is 0.286. The van der Waals surface area contributed by atoms with Crippen LogP contribution in [-0.2, 0) is 5.54 Å². The highest BCUT2D eigenvalue weighted by atomic mass is 79.9. The summed E-state index contributed by atoms with van der Waals surface area (Å²) in [4.78, 5) is 11.3. The van der Waals surface area contributed by atoms with E-state index < -0.39 is 17.4 Å². The van der Waals surface area contributed by atoms with Crippen LogP contribution in [0.4, 0.5) is 9.18 Å². The summed E-state index contributed by atoms with van der Waals surface area (Å²) in [5.74, 6) is -0.470. The molecule has 0 saturated heterocycles. The summed E-state index contributed by atoms with van der Waals surface area (Å²) in [5, 5.41) is 18.6. The number of aromatic amines is 1. The number of rotatable bonds is 4. The molecule has 1 aromatic heterocycles. The van der Waals surface area contributed by atoms with Gasteiger partial charge in [0.1, 0.15) is 11.4 Å². The van der Waals surface area contributed by atoms with Crippen molar-refractivity contribution in [1.82, 2.24) is 15.5 Å². The summed E-state index contributed by atoms with van der Waals surface area (Å²) in [6.07, 6.45) is 2.04.